The second-order valence-electron chi connectivity index (χ2n) is 3.24. The Bertz CT molecular complexity index is 269. The van der Waals surface area contributed by atoms with Gasteiger partial charge in [0.1, 0.15) is 0 Å². The second-order valence-corrected chi connectivity index (χ2v) is 3.24. The van der Waals surface area contributed by atoms with Gasteiger partial charge in [-0.2, -0.15) is 0 Å². The average molecular weight is 184 g/mol. The van der Waals surface area contributed by atoms with Crippen molar-refractivity contribution < 1.29 is 9.84 Å². The van der Waals surface area contributed by atoms with Crippen LogP contribution in [0.3, 0.4) is 0 Å². The molecule has 0 atom stereocenters. The van der Waals surface area contributed by atoms with Gasteiger partial charge in [-0.25, -0.2) is 0 Å². The van der Waals surface area contributed by atoms with Crippen LogP contribution in [-0.4, -0.2) is 28.6 Å². The quantitative estimate of drug-likeness (QED) is 0.759. The molecular formula is C9H16N2O2. The van der Waals surface area contributed by atoms with E-state index in [0.29, 0.717) is 18.3 Å². The molecular weight excluding hydrogens is 168 g/mol. The third-order valence-corrected chi connectivity index (χ3v) is 1.90. The van der Waals surface area contributed by atoms with Crippen LogP contribution in [0, 0.1) is 0 Å². The monoisotopic (exact) mass is 184 g/mol. The molecule has 0 aromatic carbocycles. The number of aliphatic hydroxyl groups is 1. The van der Waals surface area contributed by atoms with Gasteiger partial charge in [-0.05, 0) is 5.92 Å². The summed E-state index contributed by atoms with van der Waals surface area (Å²) in [5, 5.41) is 12.9. The van der Waals surface area contributed by atoms with E-state index in [2.05, 4.69) is 18.9 Å². The van der Waals surface area contributed by atoms with Gasteiger partial charge in [-0.15, -0.1) is 5.10 Å². The van der Waals surface area contributed by atoms with Crippen LogP contribution in [-0.2, 0) is 6.54 Å². The largest absolute Gasteiger partial charge is 0.480 e. The van der Waals surface area contributed by atoms with Crippen LogP contribution in [0.2, 0.25) is 0 Å². The molecule has 0 aliphatic heterocycles. The van der Waals surface area contributed by atoms with Gasteiger partial charge < -0.3 is 9.84 Å². The lowest BCUT2D eigenvalue weighted by molar-refractivity contribution is 0.267. The molecule has 1 aromatic rings. The summed E-state index contributed by atoms with van der Waals surface area (Å²) in [7, 11) is 1.61. The van der Waals surface area contributed by atoms with Gasteiger partial charge in [-0.3, -0.25) is 4.68 Å². The minimum atomic E-state index is 0.0996. The molecule has 0 aliphatic rings. The van der Waals surface area contributed by atoms with Crippen LogP contribution in [0.5, 0.6) is 5.88 Å². The fraction of sp³-hybridized carbons (Fsp3) is 0.667. The van der Waals surface area contributed by atoms with Gasteiger partial charge >= 0.3 is 0 Å². The molecule has 1 heterocycles. The highest BCUT2D eigenvalue weighted by atomic mass is 16.5. The summed E-state index contributed by atoms with van der Waals surface area (Å²) in [6.07, 6.45) is 1.92. The number of nitrogens with zero attached hydrogens (tertiary/aromatic N) is 2. The predicted molar refractivity (Wildman–Crippen MR) is 50.0 cm³/mol. The molecule has 1 aromatic heterocycles. The van der Waals surface area contributed by atoms with Crippen LogP contribution in [0.25, 0.3) is 0 Å². The van der Waals surface area contributed by atoms with Gasteiger partial charge in [0.15, 0.2) is 0 Å². The number of methoxy groups -OCH3 is 1. The molecule has 4 heteroatoms. The van der Waals surface area contributed by atoms with Crippen LogP contribution < -0.4 is 4.74 Å². The molecule has 0 saturated heterocycles. The van der Waals surface area contributed by atoms with Crippen LogP contribution >= 0.6 is 0 Å². The summed E-state index contributed by atoms with van der Waals surface area (Å²) in [4.78, 5) is 0. The lowest BCUT2D eigenvalue weighted by Gasteiger charge is -2.01. The Hall–Kier alpha value is -1.03. The van der Waals surface area contributed by atoms with E-state index in [9.17, 15) is 0 Å². The highest BCUT2D eigenvalue weighted by Crippen LogP contribution is 2.23. The molecule has 0 aliphatic carbocycles. The van der Waals surface area contributed by atoms with E-state index in [1.54, 1.807) is 11.8 Å². The number of aliphatic hydroxyl groups excluding tert-OH is 1. The number of ether oxygens (including phenoxy) is 1. The Labute approximate surface area is 78.1 Å². The Morgan fingerprint density at radius 2 is 2.31 bits per heavy atom. The molecule has 4 nitrogen and oxygen atoms in total. The van der Waals surface area contributed by atoms with Crippen molar-refractivity contribution in [3.63, 3.8) is 0 Å². The molecule has 1 rings (SSSR count). The molecule has 0 fully saturated rings. The Balaban J connectivity index is 2.90. The van der Waals surface area contributed by atoms with Crippen LogP contribution in [0.4, 0.5) is 0 Å². The average Bonchev–Trinajstić information content (AvgIpc) is 2.48. The van der Waals surface area contributed by atoms with Crippen molar-refractivity contribution in [1.82, 2.24) is 9.78 Å². The fourth-order valence-corrected chi connectivity index (χ4v) is 1.19. The van der Waals surface area contributed by atoms with E-state index in [1.807, 2.05) is 6.20 Å². The van der Waals surface area contributed by atoms with Crippen molar-refractivity contribution in [2.75, 3.05) is 13.7 Å². The molecule has 0 bridgehead atoms. The number of rotatable bonds is 4. The topological polar surface area (TPSA) is 47.3 Å². The van der Waals surface area contributed by atoms with E-state index >= 15 is 0 Å². The molecule has 0 spiro atoms. The molecule has 0 amide bonds. The van der Waals surface area contributed by atoms with E-state index in [-0.39, 0.29) is 6.61 Å². The number of aromatic nitrogens is 2. The fourth-order valence-electron chi connectivity index (χ4n) is 1.19. The van der Waals surface area contributed by atoms with E-state index in [0.717, 1.165) is 5.56 Å². The zero-order valence-electron chi connectivity index (χ0n) is 8.32. The molecule has 0 unspecified atom stereocenters. The first-order valence-corrected chi connectivity index (χ1v) is 4.41. The van der Waals surface area contributed by atoms with Crippen molar-refractivity contribution >= 4 is 0 Å². The number of hydrogen-bond acceptors (Lipinski definition) is 3. The Morgan fingerprint density at radius 1 is 1.62 bits per heavy atom. The lowest BCUT2D eigenvalue weighted by Crippen LogP contribution is -2.02. The third kappa shape index (κ3) is 2.21. The number of hydrogen-bond donors (Lipinski definition) is 1. The summed E-state index contributed by atoms with van der Waals surface area (Å²) in [6.45, 7) is 4.79. The van der Waals surface area contributed by atoms with Gasteiger partial charge in [0.2, 0.25) is 5.88 Å². The second kappa shape index (κ2) is 4.28. The summed E-state index contributed by atoms with van der Waals surface area (Å²) in [5.41, 5.74) is 1.08. The van der Waals surface area contributed by atoms with E-state index < -0.39 is 0 Å². The normalized spacial score (nSPS) is 10.8. The molecule has 74 valence electrons. The van der Waals surface area contributed by atoms with E-state index in [1.165, 1.54) is 0 Å². The standard InChI is InChI=1S/C9H16N2O2/c1-7(2)8-6-11(4-5-12)10-9(8)13-3/h6-7,12H,4-5H2,1-3H3. The van der Waals surface area contributed by atoms with Gasteiger partial charge in [0.05, 0.1) is 20.3 Å². The van der Waals surface area contributed by atoms with Crippen molar-refractivity contribution in [2.45, 2.75) is 26.3 Å². The highest BCUT2D eigenvalue weighted by Gasteiger charge is 2.11. The molecule has 13 heavy (non-hydrogen) atoms. The van der Waals surface area contributed by atoms with Gasteiger partial charge in [-0.1, -0.05) is 13.8 Å². The first-order valence-electron chi connectivity index (χ1n) is 4.41. The third-order valence-electron chi connectivity index (χ3n) is 1.90. The minimum absolute atomic E-state index is 0.0996. The maximum atomic E-state index is 8.73. The molecule has 0 saturated carbocycles. The highest BCUT2D eigenvalue weighted by molar-refractivity contribution is 5.26. The first kappa shape index (κ1) is 10.1. The van der Waals surface area contributed by atoms with Gasteiger partial charge in [0, 0.05) is 11.8 Å². The van der Waals surface area contributed by atoms with E-state index in [4.69, 9.17) is 9.84 Å². The lowest BCUT2D eigenvalue weighted by atomic mass is 10.1. The first-order chi connectivity index (χ1) is 6.19. The van der Waals surface area contributed by atoms with Crippen molar-refractivity contribution in [2.24, 2.45) is 0 Å². The van der Waals surface area contributed by atoms with Crippen LogP contribution in [0.15, 0.2) is 6.20 Å². The molecule has 0 radical (unpaired) electrons. The SMILES string of the molecule is COc1nn(CCO)cc1C(C)C. The zero-order valence-corrected chi connectivity index (χ0v) is 8.32. The maximum absolute atomic E-state index is 8.73. The Morgan fingerprint density at radius 3 is 2.69 bits per heavy atom. The molecule has 1 N–H and O–H groups in total. The predicted octanol–water partition coefficient (Wildman–Crippen LogP) is 1.01. The summed E-state index contributed by atoms with van der Waals surface area (Å²) in [5.74, 6) is 1.05. The van der Waals surface area contributed by atoms with Crippen molar-refractivity contribution in [3.8, 4) is 5.88 Å². The summed E-state index contributed by atoms with van der Waals surface area (Å²) >= 11 is 0. The summed E-state index contributed by atoms with van der Waals surface area (Å²) in [6, 6.07) is 0. The Kier molecular flexibility index (Phi) is 3.31. The zero-order chi connectivity index (χ0) is 9.84. The van der Waals surface area contributed by atoms with Crippen LogP contribution in [0.1, 0.15) is 25.3 Å². The van der Waals surface area contributed by atoms with Crippen molar-refractivity contribution in [3.05, 3.63) is 11.8 Å². The van der Waals surface area contributed by atoms with Gasteiger partial charge in [0.25, 0.3) is 0 Å². The maximum Gasteiger partial charge on any atom is 0.235 e. The smallest absolute Gasteiger partial charge is 0.235 e. The van der Waals surface area contributed by atoms with Crippen molar-refractivity contribution in [1.29, 1.82) is 0 Å². The minimum Gasteiger partial charge on any atom is -0.480 e. The summed E-state index contributed by atoms with van der Waals surface area (Å²) < 4.78 is 6.82.